The zero-order valence-electron chi connectivity index (χ0n) is 10.1. The summed E-state index contributed by atoms with van der Waals surface area (Å²) in [5.74, 6) is 1.69. The van der Waals surface area contributed by atoms with Gasteiger partial charge in [0, 0.05) is 12.0 Å². The van der Waals surface area contributed by atoms with Gasteiger partial charge in [-0.3, -0.25) is 0 Å². The molecule has 15 heavy (non-hydrogen) atoms. The molecule has 1 heteroatoms. The van der Waals surface area contributed by atoms with E-state index < -0.39 is 0 Å². The predicted octanol–water partition coefficient (Wildman–Crippen LogP) is 3.63. The second kappa shape index (κ2) is 4.42. The van der Waals surface area contributed by atoms with Crippen LogP contribution in [0.4, 0.5) is 0 Å². The van der Waals surface area contributed by atoms with Crippen LogP contribution in [0.3, 0.4) is 0 Å². The Morgan fingerprint density at radius 2 is 2.33 bits per heavy atom. The van der Waals surface area contributed by atoms with Gasteiger partial charge in [0.1, 0.15) is 0 Å². The summed E-state index contributed by atoms with van der Waals surface area (Å²) < 4.78 is 0. The average molecular weight is 205 g/mol. The fourth-order valence-corrected chi connectivity index (χ4v) is 3.06. The molecule has 2 rings (SSSR count). The first kappa shape index (κ1) is 10.8. The van der Waals surface area contributed by atoms with E-state index in [0.717, 1.165) is 24.3 Å². The van der Waals surface area contributed by atoms with Crippen LogP contribution in [0, 0.1) is 11.8 Å². The second-order valence-electron chi connectivity index (χ2n) is 5.50. The highest BCUT2D eigenvalue weighted by molar-refractivity contribution is 5.21. The van der Waals surface area contributed by atoms with Crippen molar-refractivity contribution in [3.63, 3.8) is 0 Å². The molecule has 1 saturated carbocycles. The standard InChI is InChI=1S/C14H23N/c1-10(2)7-12-9-15-14-6-4-5-11(3)8-13(12)14/h9,11,13-15H,1,4-8H2,2-3H3. The first-order valence-electron chi connectivity index (χ1n) is 6.26. The Morgan fingerprint density at radius 1 is 1.53 bits per heavy atom. The maximum Gasteiger partial charge on any atom is 0.0321 e. The summed E-state index contributed by atoms with van der Waals surface area (Å²) >= 11 is 0. The summed E-state index contributed by atoms with van der Waals surface area (Å²) in [6.45, 7) is 8.57. The lowest BCUT2D eigenvalue weighted by Crippen LogP contribution is -2.26. The van der Waals surface area contributed by atoms with Gasteiger partial charge in [0.25, 0.3) is 0 Å². The minimum atomic E-state index is 0.726. The first-order valence-corrected chi connectivity index (χ1v) is 6.26. The number of rotatable bonds is 2. The van der Waals surface area contributed by atoms with Crippen LogP contribution in [0.1, 0.15) is 46.0 Å². The van der Waals surface area contributed by atoms with Crippen LogP contribution in [0.15, 0.2) is 23.9 Å². The highest BCUT2D eigenvalue weighted by atomic mass is 14.9. The van der Waals surface area contributed by atoms with Crippen molar-refractivity contribution >= 4 is 0 Å². The molecule has 1 heterocycles. The average Bonchev–Trinajstić information content (AvgIpc) is 2.43. The van der Waals surface area contributed by atoms with Crippen molar-refractivity contribution in [1.29, 1.82) is 0 Å². The zero-order valence-corrected chi connectivity index (χ0v) is 10.1. The molecule has 0 spiro atoms. The minimum absolute atomic E-state index is 0.726. The number of nitrogens with one attached hydrogen (secondary N) is 1. The predicted molar refractivity (Wildman–Crippen MR) is 65.6 cm³/mol. The Labute approximate surface area is 93.6 Å². The van der Waals surface area contributed by atoms with Gasteiger partial charge in [-0.25, -0.2) is 0 Å². The van der Waals surface area contributed by atoms with E-state index in [1.54, 1.807) is 5.57 Å². The lowest BCUT2D eigenvalue weighted by atomic mass is 9.85. The molecule has 84 valence electrons. The molecule has 3 unspecified atom stereocenters. The van der Waals surface area contributed by atoms with Gasteiger partial charge in [-0.05, 0) is 43.9 Å². The lowest BCUT2D eigenvalue weighted by Gasteiger charge is -2.21. The third-order valence-corrected chi connectivity index (χ3v) is 3.82. The molecule has 0 aromatic heterocycles. The van der Waals surface area contributed by atoms with Crippen molar-refractivity contribution in [2.45, 2.75) is 52.0 Å². The molecule has 0 aromatic carbocycles. The van der Waals surface area contributed by atoms with E-state index >= 15 is 0 Å². The summed E-state index contributed by atoms with van der Waals surface area (Å²) in [6.07, 6.45) is 8.89. The Bertz CT molecular complexity index is 277. The van der Waals surface area contributed by atoms with Crippen LogP contribution in [0.2, 0.25) is 0 Å². The lowest BCUT2D eigenvalue weighted by molar-refractivity contribution is 0.402. The van der Waals surface area contributed by atoms with Crippen LogP contribution in [0.25, 0.3) is 0 Å². The summed E-state index contributed by atoms with van der Waals surface area (Å²) in [6, 6.07) is 0.726. The molecule has 1 aliphatic carbocycles. The summed E-state index contributed by atoms with van der Waals surface area (Å²) in [4.78, 5) is 0. The van der Waals surface area contributed by atoms with Gasteiger partial charge >= 0.3 is 0 Å². The molecule has 0 bridgehead atoms. The van der Waals surface area contributed by atoms with Crippen molar-refractivity contribution in [2.75, 3.05) is 0 Å². The van der Waals surface area contributed by atoms with E-state index in [-0.39, 0.29) is 0 Å². The smallest absolute Gasteiger partial charge is 0.0321 e. The SMILES string of the molecule is C=C(C)CC1=CNC2CCCC(C)CC12. The summed E-state index contributed by atoms with van der Waals surface area (Å²) in [5, 5.41) is 3.57. The van der Waals surface area contributed by atoms with Crippen molar-refractivity contribution in [1.82, 2.24) is 5.32 Å². The maximum absolute atomic E-state index is 4.03. The van der Waals surface area contributed by atoms with Crippen molar-refractivity contribution in [2.24, 2.45) is 11.8 Å². The molecule has 1 N–H and O–H groups in total. The van der Waals surface area contributed by atoms with E-state index in [9.17, 15) is 0 Å². The fourth-order valence-electron chi connectivity index (χ4n) is 3.06. The van der Waals surface area contributed by atoms with Gasteiger partial charge in [-0.1, -0.05) is 31.9 Å². The molecule has 0 radical (unpaired) electrons. The Kier molecular flexibility index (Phi) is 3.18. The maximum atomic E-state index is 4.03. The Balaban J connectivity index is 2.05. The van der Waals surface area contributed by atoms with Gasteiger partial charge in [0.15, 0.2) is 0 Å². The number of allylic oxidation sites excluding steroid dienone is 1. The highest BCUT2D eigenvalue weighted by Gasteiger charge is 2.32. The molecule has 3 atom stereocenters. The van der Waals surface area contributed by atoms with Gasteiger partial charge < -0.3 is 5.32 Å². The second-order valence-corrected chi connectivity index (χ2v) is 5.50. The monoisotopic (exact) mass is 205 g/mol. The van der Waals surface area contributed by atoms with Gasteiger partial charge in [0.2, 0.25) is 0 Å². The van der Waals surface area contributed by atoms with E-state index in [4.69, 9.17) is 0 Å². The first-order chi connectivity index (χ1) is 7.16. The fraction of sp³-hybridized carbons (Fsp3) is 0.714. The number of fused-ring (bicyclic) bond motifs is 1. The van der Waals surface area contributed by atoms with Crippen LogP contribution in [-0.4, -0.2) is 6.04 Å². The van der Waals surface area contributed by atoms with Crippen molar-refractivity contribution in [3.05, 3.63) is 23.9 Å². The molecule has 2 aliphatic rings. The number of hydrogen-bond donors (Lipinski definition) is 1. The highest BCUT2D eigenvalue weighted by Crippen LogP contribution is 2.37. The normalized spacial score (nSPS) is 35.1. The Hall–Kier alpha value is -0.720. The molecule has 0 amide bonds. The summed E-state index contributed by atoms with van der Waals surface area (Å²) in [7, 11) is 0. The molecule has 0 aromatic rings. The van der Waals surface area contributed by atoms with E-state index in [1.165, 1.54) is 31.3 Å². The quantitative estimate of drug-likeness (QED) is 0.679. The zero-order chi connectivity index (χ0) is 10.8. The third-order valence-electron chi connectivity index (χ3n) is 3.82. The topological polar surface area (TPSA) is 12.0 Å². The van der Waals surface area contributed by atoms with Gasteiger partial charge in [-0.2, -0.15) is 0 Å². The molecule has 1 nitrogen and oxygen atoms in total. The van der Waals surface area contributed by atoms with Gasteiger partial charge in [-0.15, -0.1) is 0 Å². The third kappa shape index (κ3) is 2.45. The van der Waals surface area contributed by atoms with Crippen molar-refractivity contribution < 1.29 is 0 Å². The van der Waals surface area contributed by atoms with Crippen LogP contribution in [-0.2, 0) is 0 Å². The minimum Gasteiger partial charge on any atom is -0.388 e. The molecular weight excluding hydrogens is 182 g/mol. The Morgan fingerprint density at radius 3 is 3.07 bits per heavy atom. The van der Waals surface area contributed by atoms with Crippen molar-refractivity contribution in [3.8, 4) is 0 Å². The van der Waals surface area contributed by atoms with E-state index in [2.05, 4.69) is 31.9 Å². The molecule has 1 fully saturated rings. The number of hydrogen-bond acceptors (Lipinski definition) is 1. The van der Waals surface area contributed by atoms with Crippen LogP contribution >= 0.6 is 0 Å². The van der Waals surface area contributed by atoms with E-state index in [1.807, 2.05) is 0 Å². The molecule has 0 saturated heterocycles. The van der Waals surface area contributed by atoms with E-state index in [0.29, 0.717) is 0 Å². The summed E-state index contributed by atoms with van der Waals surface area (Å²) in [5.41, 5.74) is 2.89. The largest absolute Gasteiger partial charge is 0.388 e. The van der Waals surface area contributed by atoms with Crippen LogP contribution < -0.4 is 5.32 Å². The van der Waals surface area contributed by atoms with Crippen LogP contribution in [0.5, 0.6) is 0 Å². The molecule has 1 aliphatic heterocycles. The molecular formula is C14H23N. The van der Waals surface area contributed by atoms with Gasteiger partial charge in [0.05, 0.1) is 0 Å².